The SMILES string of the molecule is O=C(O)c1cnc(NCC2CCCCC2)c(Br)n1. The molecule has 1 heterocycles. The Hall–Kier alpha value is -1.17. The van der Waals surface area contributed by atoms with Crippen LogP contribution >= 0.6 is 15.9 Å². The number of carbonyl (C=O) groups is 1. The van der Waals surface area contributed by atoms with Gasteiger partial charge in [0, 0.05) is 6.54 Å². The Kier molecular flexibility index (Phi) is 4.52. The lowest BCUT2D eigenvalue weighted by molar-refractivity contribution is 0.0690. The number of halogens is 1. The lowest BCUT2D eigenvalue weighted by Crippen LogP contribution is -2.18. The normalized spacial score (nSPS) is 16.5. The molecule has 6 heteroatoms. The topological polar surface area (TPSA) is 75.1 Å². The molecule has 0 amide bonds. The van der Waals surface area contributed by atoms with E-state index in [1.165, 1.54) is 38.3 Å². The van der Waals surface area contributed by atoms with Crippen LogP contribution in [0, 0.1) is 5.92 Å². The third-order valence-electron chi connectivity index (χ3n) is 3.23. The lowest BCUT2D eigenvalue weighted by Gasteiger charge is -2.22. The Morgan fingerprint density at radius 3 is 2.78 bits per heavy atom. The Labute approximate surface area is 114 Å². The third-order valence-corrected chi connectivity index (χ3v) is 3.78. The zero-order chi connectivity index (χ0) is 13.0. The second-order valence-corrected chi connectivity index (χ2v) is 5.34. The molecule has 18 heavy (non-hydrogen) atoms. The standard InChI is InChI=1S/C12H16BrN3O2/c13-10-11(15-7-9(16-10)12(17)18)14-6-8-4-2-1-3-5-8/h7-8H,1-6H2,(H,14,15)(H,17,18). The molecule has 2 rings (SSSR count). The summed E-state index contributed by atoms with van der Waals surface area (Å²) >= 11 is 3.24. The van der Waals surface area contributed by atoms with Crippen LogP contribution in [0.25, 0.3) is 0 Å². The van der Waals surface area contributed by atoms with Crippen LogP contribution in [-0.2, 0) is 0 Å². The summed E-state index contributed by atoms with van der Waals surface area (Å²) in [5.74, 6) is 0.235. The summed E-state index contributed by atoms with van der Waals surface area (Å²) in [4.78, 5) is 18.7. The largest absolute Gasteiger partial charge is 0.476 e. The molecule has 0 spiro atoms. The van der Waals surface area contributed by atoms with Gasteiger partial charge in [0.05, 0.1) is 6.20 Å². The molecule has 1 aliphatic carbocycles. The molecule has 0 aliphatic heterocycles. The smallest absolute Gasteiger partial charge is 0.356 e. The van der Waals surface area contributed by atoms with E-state index in [2.05, 4.69) is 31.2 Å². The first-order valence-electron chi connectivity index (χ1n) is 6.16. The maximum Gasteiger partial charge on any atom is 0.356 e. The summed E-state index contributed by atoms with van der Waals surface area (Å²) in [6, 6.07) is 0. The van der Waals surface area contributed by atoms with E-state index in [-0.39, 0.29) is 5.69 Å². The molecule has 1 aromatic rings. The van der Waals surface area contributed by atoms with Crippen molar-refractivity contribution >= 4 is 27.7 Å². The van der Waals surface area contributed by atoms with Gasteiger partial charge >= 0.3 is 5.97 Å². The fourth-order valence-corrected chi connectivity index (χ4v) is 2.65. The van der Waals surface area contributed by atoms with Gasteiger partial charge in [0.25, 0.3) is 0 Å². The number of nitrogens with one attached hydrogen (secondary N) is 1. The van der Waals surface area contributed by atoms with E-state index in [0.717, 1.165) is 6.54 Å². The van der Waals surface area contributed by atoms with Gasteiger partial charge in [-0.15, -0.1) is 0 Å². The highest BCUT2D eigenvalue weighted by atomic mass is 79.9. The number of anilines is 1. The number of hydrogen-bond donors (Lipinski definition) is 2. The highest BCUT2D eigenvalue weighted by Crippen LogP contribution is 2.25. The summed E-state index contributed by atoms with van der Waals surface area (Å²) in [5.41, 5.74) is -0.0508. The van der Waals surface area contributed by atoms with Crippen molar-refractivity contribution in [3.05, 3.63) is 16.5 Å². The third kappa shape index (κ3) is 3.41. The van der Waals surface area contributed by atoms with Gasteiger partial charge in [0.2, 0.25) is 0 Å². The number of rotatable bonds is 4. The molecule has 1 aliphatic rings. The monoisotopic (exact) mass is 313 g/mol. The first-order chi connectivity index (χ1) is 8.66. The molecule has 0 bridgehead atoms. The van der Waals surface area contributed by atoms with Crippen LogP contribution in [0.2, 0.25) is 0 Å². The Bertz CT molecular complexity index is 433. The van der Waals surface area contributed by atoms with Crippen molar-refractivity contribution in [1.82, 2.24) is 9.97 Å². The molecule has 5 nitrogen and oxygen atoms in total. The van der Waals surface area contributed by atoms with Gasteiger partial charge in [-0.1, -0.05) is 19.3 Å². The van der Waals surface area contributed by atoms with Crippen LogP contribution in [0.1, 0.15) is 42.6 Å². The minimum atomic E-state index is -1.07. The first kappa shape index (κ1) is 13.3. The maximum absolute atomic E-state index is 10.7. The number of carboxylic acids is 1. The Morgan fingerprint density at radius 1 is 1.44 bits per heavy atom. The number of carboxylic acid groups (broad SMARTS) is 1. The fraction of sp³-hybridized carbons (Fsp3) is 0.583. The first-order valence-corrected chi connectivity index (χ1v) is 6.96. The van der Waals surface area contributed by atoms with E-state index in [1.807, 2.05) is 0 Å². The van der Waals surface area contributed by atoms with E-state index < -0.39 is 5.97 Å². The molecule has 1 fully saturated rings. The summed E-state index contributed by atoms with van der Waals surface area (Å²) < 4.78 is 0.457. The van der Waals surface area contributed by atoms with Crippen molar-refractivity contribution in [2.24, 2.45) is 5.92 Å². The minimum absolute atomic E-state index is 0.0508. The molecule has 0 atom stereocenters. The number of hydrogen-bond acceptors (Lipinski definition) is 4. The molecule has 98 valence electrons. The molecule has 1 aromatic heterocycles. The van der Waals surface area contributed by atoms with E-state index in [0.29, 0.717) is 16.3 Å². The highest BCUT2D eigenvalue weighted by Gasteiger charge is 2.15. The Morgan fingerprint density at radius 2 is 2.17 bits per heavy atom. The second-order valence-electron chi connectivity index (χ2n) is 4.58. The minimum Gasteiger partial charge on any atom is -0.476 e. The van der Waals surface area contributed by atoms with Crippen molar-refractivity contribution in [2.75, 3.05) is 11.9 Å². The van der Waals surface area contributed by atoms with Crippen molar-refractivity contribution in [3.63, 3.8) is 0 Å². The van der Waals surface area contributed by atoms with Gasteiger partial charge in [-0.2, -0.15) is 0 Å². The van der Waals surface area contributed by atoms with Crippen LogP contribution < -0.4 is 5.32 Å². The quantitative estimate of drug-likeness (QED) is 0.894. The maximum atomic E-state index is 10.7. The van der Waals surface area contributed by atoms with Gasteiger partial charge in [0.1, 0.15) is 4.60 Å². The number of nitrogens with zero attached hydrogens (tertiary/aromatic N) is 2. The summed E-state index contributed by atoms with van der Waals surface area (Å²) in [7, 11) is 0. The van der Waals surface area contributed by atoms with Crippen LogP contribution in [0.4, 0.5) is 5.82 Å². The molecule has 0 aromatic carbocycles. The summed E-state index contributed by atoms with van der Waals surface area (Å²) in [6.45, 7) is 0.875. The second kappa shape index (κ2) is 6.13. The predicted molar refractivity (Wildman–Crippen MR) is 71.8 cm³/mol. The summed E-state index contributed by atoms with van der Waals surface area (Å²) in [6.07, 6.45) is 7.73. The van der Waals surface area contributed by atoms with Crippen LogP contribution in [-0.4, -0.2) is 27.6 Å². The van der Waals surface area contributed by atoms with Crippen molar-refractivity contribution in [1.29, 1.82) is 0 Å². The van der Waals surface area contributed by atoms with E-state index in [4.69, 9.17) is 5.11 Å². The summed E-state index contributed by atoms with van der Waals surface area (Å²) in [5, 5.41) is 12.0. The molecule has 2 N–H and O–H groups in total. The van der Waals surface area contributed by atoms with Gasteiger partial charge in [-0.25, -0.2) is 14.8 Å². The highest BCUT2D eigenvalue weighted by molar-refractivity contribution is 9.10. The average molecular weight is 314 g/mol. The van der Waals surface area contributed by atoms with E-state index in [9.17, 15) is 4.79 Å². The average Bonchev–Trinajstić information content (AvgIpc) is 2.38. The zero-order valence-electron chi connectivity index (χ0n) is 10.0. The molecule has 0 unspecified atom stereocenters. The lowest BCUT2D eigenvalue weighted by atomic mass is 9.89. The van der Waals surface area contributed by atoms with Gasteiger partial charge < -0.3 is 10.4 Å². The van der Waals surface area contributed by atoms with Crippen LogP contribution in [0.5, 0.6) is 0 Å². The molecular formula is C12H16BrN3O2. The van der Waals surface area contributed by atoms with E-state index >= 15 is 0 Å². The Balaban J connectivity index is 1.94. The number of aromatic carboxylic acids is 1. The van der Waals surface area contributed by atoms with Crippen molar-refractivity contribution in [2.45, 2.75) is 32.1 Å². The zero-order valence-corrected chi connectivity index (χ0v) is 11.6. The van der Waals surface area contributed by atoms with Crippen molar-refractivity contribution in [3.8, 4) is 0 Å². The number of aromatic nitrogens is 2. The molecule has 1 saturated carbocycles. The molecule has 0 radical (unpaired) electrons. The van der Waals surface area contributed by atoms with Gasteiger partial charge in [0.15, 0.2) is 11.5 Å². The molecule has 0 saturated heterocycles. The fourth-order valence-electron chi connectivity index (χ4n) is 2.22. The van der Waals surface area contributed by atoms with Crippen molar-refractivity contribution < 1.29 is 9.90 Å². The van der Waals surface area contributed by atoms with Crippen LogP contribution in [0.3, 0.4) is 0 Å². The van der Waals surface area contributed by atoms with E-state index in [1.54, 1.807) is 0 Å². The predicted octanol–water partition coefficient (Wildman–Crippen LogP) is 2.93. The molecular weight excluding hydrogens is 298 g/mol. The van der Waals surface area contributed by atoms with Gasteiger partial charge in [-0.3, -0.25) is 0 Å². The van der Waals surface area contributed by atoms with Crippen LogP contribution in [0.15, 0.2) is 10.8 Å². The van der Waals surface area contributed by atoms with Gasteiger partial charge in [-0.05, 0) is 34.7 Å².